The maximum Gasteiger partial charge on any atom is 0.251 e. The highest BCUT2D eigenvalue weighted by Gasteiger charge is 2.19. The molecular formula is C25H31N5O. The van der Waals surface area contributed by atoms with Gasteiger partial charge in [-0.3, -0.25) is 9.69 Å². The van der Waals surface area contributed by atoms with Crippen molar-refractivity contribution in [3.63, 3.8) is 0 Å². The lowest BCUT2D eigenvalue weighted by atomic mass is 10.0. The number of aromatic nitrogens is 3. The summed E-state index contributed by atoms with van der Waals surface area (Å²) in [6.07, 6.45) is 6.40. The van der Waals surface area contributed by atoms with Crippen LogP contribution in [0.1, 0.15) is 49.9 Å². The molecule has 2 N–H and O–H groups in total. The Balaban J connectivity index is 1.43. The molecule has 31 heavy (non-hydrogen) atoms. The van der Waals surface area contributed by atoms with Crippen LogP contribution in [-0.2, 0) is 19.5 Å². The van der Waals surface area contributed by atoms with Gasteiger partial charge in [0.2, 0.25) is 0 Å². The fourth-order valence-electron chi connectivity index (χ4n) is 4.15. The molecular weight excluding hydrogens is 386 g/mol. The fraction of sp³-hybridized carbons (Fsp3) is 0.400. The summed E-state index contributed by atoms with van der Waals surface area (Å²) >= 11 is 0. The van der Waals surface area contributed by atoms with Gasteiger partial charge in [-0.15, -0.1) is 0 Å². The van der Waals surface area contributed by atoms with Crippen molar-refractivity contribution in [3.8, 4) is 11.4 Å². The van der Waals surface area contributed by atoms with Crippen molar-refractivity contribution in [2.45, 2.75) is 58.7 Å². The Morgan fingerprint density at radius 3 is 2.74 bits per heavy atom. The van der Waals surface area contributed by atoms with E-state index in [-0.39, 0.29) is 5.56 Å². The molecule has 0 bridgehead atoms. The van der Waals surface area contributed by atoms with Crippen molar-refractivity contribution in [1.29, 1.82) is 0 Å². The lowest BCUT2D eigenvalue weighted by molar-refractivity contribution is 0.152. The molecule has 1 unspecified atom stereocenters. The minimum Gasteiger partial charge on any atom is -0.366 e. The van der Waals surface area contributed by atoms with Crippen LogP contribution in [0.3, 0.4) is 0 Å². The highest BCUT2D eigenvalue weighted by Crippen LogP contribution is 2.22. The number of rotatable bonds is 7. The molecule has 6 nitrogen and oxygen atoms in total. The summed E-state index contributed by atoms with van der Waals surface area (Å²) in [4.78, 5) is 26.2. The molecule has 1 fully saturated rings. The van der Waals surface area contributed by atoms with Crippen molar-refractivity contribution in [3.05, 3.63) is 75.8 Å². The van der Waals surface area contributed by atoms with Gasteiger partial charge in [0.15, 0.2) is 0 Å². The van der Waals surface area contributed by atoms with Crippen LogP contribution in [0.25, 0.3) is 11.4 Å². The molecule has 0 spiro atoms. The van der Waals surface area contributed by atoms with Gasteiger partial charge in [0.05, 0.1) is 0 Å². The Kier molecular flexibility index (Phi) is 6.77. The highest BCUT2D eigenvalue weighted by atomic mass is 16.1. The maximum atomic E-state index is 11.8. The van der Waals surface area contributed by atoms with Crippen molar-refractivity contribution < 1.29 is 0 Å². The Labute approximate surface area is 183 Å². The number of H-pyrrole nitrogens is 1. The zero-order valence-electron chi connectivity index (χ0n) is 18.4. The number of hydrogen-bond acceptors (Lipinski definition) is 5. The van der Waals surface area contributed by atoms with Gasteiger partial charge in [-0.25, -0.2) is 9.97 Å². The topological polar surface area (TPSA) is 73.9 Å². The number of nitrogens with zero attached hydrogens (tertiary/aromatic N) is 3. The molecule has 4 rings (SSSR count). The van der Waals surface area contributed by atoms with Crippen LogP contribution in [0, 0.1) is 0 Å². The van der Waals surface area contributed by atoms with E-state index in [9.17, 15) is 4.79 Å². The third-order valence-corrected chi connectivity index (χ3v) is 6.09. The second-order valence-corrected chi connectivity index (χ2v) is 8.31. The largest absolute Gasteiger partial charge is 0.366 e. The van der Waals surface area contributed by atoms with Gasteiger partial charge >= 0.3 is 0 Å². The molecule has 1 aliphatic rings. The van der Waals surface area contributed by atoms with Crippen molar-refractivity contribution in [2.24, 2.45) is 0 Å². The van der Waals surface area contributed by atoms with Crippen LogP contribution in [0.15, 0.2) is 53.5 Å². The Morgan fingerprint density at radius 2 is 2.00 bits per heavy atom. The summed E-state index contributed by atoms with van der Waals surface area (Å²) in [6.45, 7) is 7.23. The number of hydrogen-bond donors (Lipinski definition) is 2. The van der Waals surface area contributed by atoms with Crippen LogP contribution in [0.4, 0.5) is 5.82 Å². The SMILES string of the molecule is CCc1cc(=O)[nH]c(-c2ccc(NCc3ccccc3CN3CCCCC3C)nc2)n1. The third-order valence-electron chi connectivity index (χ3n) is 6.09. The molecule has 6 heteroatoms. The Bertz CT molecular complexity index is 1060. The molecule has 0 radical (unpaired) electrons. The lowest BCUT2D eigenvalue weighted by Crippen LogP contribution is -2.37. The van der Waals surface area contributed by atoms with E-state index in [4.69, 9.17) is 0 Å². The van der Waals surface area contributed by atoms with E-state index in [0.717, 1.165) is 36.6 Å². The number of pyridine rings is 1. The summed E-state index contributed by atoms with van der Waals surface area (Å²) in [5.74, 6) is 1.36. The minimum atomic E-state index is -0.135. The minimum absolute atomic E-state index is 0.135. The quantitative estimate of drug-likeness (QED) is 0.597. The first-order chi connectivity index (χ1) is 15.1. The van der Waals surface area contributed by atoms with Crippen molar-refractivity contribution in [1.82, 2.24) is 19.9 Å². The van der Waals surface area contributed by atoms with E-state index in [1.165, 1.54) is 43.0 Å². The third kappa shape index (κ3) is 5.39. The number of piperidine rings is 1. The van der Waals surface area contributed by atoms with E-state index in [2.05, 4.69) is 56.4 Å². The fourth-order valence-corrected chi connectivity index (χ4v) is 4.15. The smallest absolute Gasteiger partial charge is 0.251 e. The van der Waals surface area contributed by atoms with Gasteiger partial charge in [-0.1, -0.05) is 37.6 Å². The average Bonchev–Trinajstić information content (AvgIpc) is 2.80. The van der Waals surface area contributed by atoms with Crippen LogP contribution in [0.5, 0.6) is 0 Å². The molecule has 0 saturated carbocycles. The van der Waals surface area contributed by atoms with E-state index in [1.807, 2.05) is 19.1 Å². The molecule has 1 saturated heterocycles. The Morgan fingerprint density at radius 1 is 1.16 bits per heavy atom. The van der Waals surface area contributed by atoms with E-state index >= 15 is 0 Å². The summed E-state index contributed by atoms with van der Waals surface area (Å²) < 4.78 is 0. The number of aryl methyl sites for hydroxylation is 1. The maximum absolute atomic E-state index is 11.8. The number of benzene rings is 1. The second kappa shape index (κ2) is 9.88. The van der Waals surface area contributed by atoms with Gasteiger partial charge in [-0.05, 0) is 56.0 Å². The lowest BCUT2D eigenvalue weighted by Gasteiger charge is -2.33. The van der Waals surface area contributed by atoms with Crippen LogP contribution in [-0.4, -0.2) is 32.4 Å². The normalized spacial score (nSPS) is 16.9. The van der Waals surface area contributed by atoms with Crippen molar-refractivity contribution in [2.75, 3.05) is 11.9 Å². The number of aromatic amines is 1. The summed E-state index contributed by atoms with van der Waals surface area (Å²) in [6, 6.07) is 14.7. The van der Waals surface area contributed by atoms with Gasteiger partial charge in [-0.2, -0.15) is 0 Å². The van der Waals surface area contributed by atoms with Crippen LogP contribution >= 0.6 is 0 Å². The van der Waals surface area contributed by atoms with E-state index in [0.29, 0.717) is 11.9 Å². The highest BCUT2D eigenvalue weighted by molar-refractivity contribution is 5.56. The average molecular weight is 418 g/mol. The zero-order valence-corrected chi connectivity index (χ0v) is 18.4. The molecule has 3 heterocycles. The molecule has 162 valence electrons. The molecule has 1 aliphatic heterocycles. The zero-order chi connectivity index (χ0) is 21.6. The first-order valence-corrected chi connectivity index (χ1v) is 11.2. The van der Waals surface area contributed by atoms with Gasteiger partial charge in [0, 0.05) is 42.7 Å². The first kappa shape index (κ1) is 21.2. The van der Waals surface area contributed by atoms with Crippen LogP contribution in [0.2, 0.25) is 0 Å². The number of likely N-dealkylation sites (tertiary alicyclic amines) is 1. The Hall–Kier alpha value is -2.99. The summed E-state index contributed by atoms with van der Waals surface area (Å²) in [7, 11) is 0. The molecule has 1 aromatic carbocycles. The molecule has 0 aliphatic carbocycles. The summed E-state index contributed by atoms with van der Waals surface area (Å²) in [5.41, 5.74) is 4.12. The van der Waals surface area contributed by atoms with Crippen LogP contribution < -0.4 is 10.9 Å². The van der Waals surface area contributed by atoms with E-state index < -0.39 is 0 Å². The second-order valence-electron chi connectivity index (χ2n) is 8.31. The standard InChI is InChI=1S/C25H31N5O/c1-3-22-14-24(31)29-25(28-22)20-11-12-23(27-16-20)26-15-19-9-4-5-10-21(19)17-30-13-7-6-8-18(30)2/h4-5,9-12,14,16,18H,3,6-8,13,15,17H2,1-2H3,(H,26,27)(H,28,29,31). The van der Waals surface area contributed by atoms with Gasteiger partial charge < -0.3 is 10.3 Å². The molecule has 0 amide bonds. The van der Waals surface area contributed by atoms with E-state index in [1.54, 1.807) is 6.20 Å². The number of nitrogens with one attached hydrogen (secondary N) is 2. The van der Waals surface area contributed by atoms with Gasteiger partial charge in [0.25, 0.3) is 5.56 Å². The van der Waals surface area contributed by atoms with Gasteiger partial charge in [0.1, 0.15) is 11.6 Å². The predicted octanol–water partition coefficient (Wildman–Crippen LogP) is 4.38. The van der Waals surface area contributed by atoms with Crippen molar-refractivity contribution >= 4 is 5.82 Å². The number of anilines is 1. The monoisotopic (exact) mass is 417 g/mol. The first-order valence-electron chi connectivity index (χ1n) is 11.2. The molecule has 1 atom stereocenters. The predicted molar refractivity (Wildman–Crippen MR) is 125 cm³/mol. The molecule has 3 aromatic rings. The summed E-state index contributed by atoms with van der Waals surface area (Å²) in [5, 5.41) is 3.44. The molecule has 2 aromatic heterocycles.